The molecule has 0 spiro atoms. The second kappa shape index (κ2) is 7.21. The molecule has 0 aliphatic carbocycles. The third-order valence-electron chi connectivity index (χ3n) is 3.36. The highest BCUT2D eigenvalue weighted by atomic mass is 31.1. The lowest BCUT2D eigenvalue weighted by molar-refractivity contribution is 0.603. The van der Waals surface area contributed by atoms with Crippen LogP contribution in [0, 0.1) is 0 Å². The monoisotopic (exact) mass is 270 g/mol. The van der Waals surface area contributed by atoms with E-state index in [2.05, 4.69) is 25.1 Å². The largest absolute Gasteiger partial charge is 0.269 e. The first-order chi connectivity index (χ1) is 9.36. The number of unbranched alkanes of at least 4 members (excludes halogenated alkanes) is 2. The second-order valence-electron chi connectivity index (χ2n) is 4.72. The van der Waals surface area contributed by atoms with Crippen molar-refractivity contribution in [3.05, 3.63) is 54.1 Å². The molecule has 2 aromatic rings. The van der Waals surface area contributed by atoms with Crippen molar-refractivity contribution < 1.29 is 4.57 Å². The van der Waals surface area contributed by atoms with Crippen molar-refractivity contribution in [2.75, 3.05) is 0 Å². The Hall–Kier alpha value is -1.46. The molecule has 0 N–H and O–H groups in total. The molecule has 0 unspecified atom stereocenters. The molecule has 0 aliphatic heterocycles. The Bertz CT molecular complexity index is 534. The van der Waals surface area contributed by atoms with Crippen LogP contribution in [0.25, 0.3) is 11.1 Å². The molecule has 0 aliphatic rings. The van der Waals surface area contributed by atoms with Gasteiger partial charge in [-0.25, -0.2) is 0 Å². The summed E-state index contributed by atoms with van der Waals surface area (Å²) in [6, 6.07) is 16.4. The van der Waals surface area contributed by atoms with Gasteiger partial charge in [-0.2, -0.15) is 0 Å². The molecule has 0 bridgehead atoms. The Labute approximate surface area is 116 Å². The first kappa shape index (κ1) is 14.0. The van der Waals surface area contributed by atoms with Gasteiger partial charge in [0.2, 0.25) is 0 Å². The summed E-state index contributed by atoms with van der Waals surface area (Å²) < 4.78 is 11.3. The Balaban J connectivity index is 2.39. The minimum absolute atomic E-state index is 0.122. The molecule has 0 radical (unpaired) electrons. The molecule has 0 atom stereocenters. The SMILES string of the molecule is CCCCCc1c(P=O)cccc1-c1ccccc1. The van der Waals surface area contributed by atoms with Gasteiger partial charge in [0.1, 0.15) is 0 Å². The number of hydrogen-bond acceptors (Lipinski definition) is 1. The quantitative estimate of drug-likeness (QED) is 0.533. The fraction of sp³-hybridized carbons (Fsp3) is 0.294. The van der Waals surface area contributed by atoms with E-state index in [1.165, 1.54) is 29.5 Å². The maximum Gasteiger partial charge on any atom is 0.192 e. The molecule has 2 aromatic carbocycles. The van der Waals surface area contributed by atoms with E-state index < -0.39 is 0 Å². The predicted octanol–water partition coefficient (Wildman–Crippen LogP) is 5.00. The van der Waals surface area contributed by atoms with Crippen LogP contribution in [0.3, 0.4) is 0 Å². The van der Waals surface area contributed by atoms with Crippen molar-refractivity contribution in [3.8, 4) is 11.1 Å². The second-order valence-corrected chi connectivity index (χ2v) is 5.38. The van der Waals surface area contributed by atoms with Gasteiger partial charge in [0.05, 0.1) is 0 Å². The summed E-state index contributed by atoms with van der Waals surface area (Å²) in [7, 11) is 0.122. The molecule has 0 aromatic heterocycles. The van der Waals surface area contributed by atoms with Gasteiger partial charge in [0.25, 0.3) is 0 Å². The Morgan fingerprint density at radius 1 is 0.947 bits per heavy atom. The lowest BCUT2D eigenvalue weighted by Gasteiger charge is -2.11. The number of rotatable bonds is 6. The maximum absolute atomic E-state index is 11.3. The van der Waals surface area contributed by atoms with Gasteiger partial charge in [-0.3, -0.25) is 4.57 Å². The third kappa shape index (κ3) is 3.52. The summed E-state index contributed by atoms with van der Waals surface area (Å²) in [5.74, 6) is 0. The minimum Gasteiger partial charge on any atom is -0.269 e. The molecule has 0 fully saturated rings. The molecule has 0 saturated carbocycles. The molecule has 1 nitrogen and oxygen atoms in total. The Morgan fingerprint density at radius 3 is 2.42 bits per heavy atom. The van der Waals surface area contributed by atoms with Gasteiger partial charge >= 0.3 is 0 Å². The zero-order valence-electron chi connectivity index (χ0n) is 11.3. The molecular weight excluding hydrogens is 251 g/mol. The third-order valence-corrected chi connectivity index (χ3v) is 3.98. The zero-order valence-corrected chi connectivity index (χ0v) is 12.2. The standard InChI is InChI=1S/C17H19OP/c1-2-3-5-11-16-15(12-8-13-17(16)19-18)14-9-6-4-7-10-14/h4,6-10,12-13H,2-3,5,11H2,1H3. The topological polar surface area (TPSA) is 17.1 Å². The van der Waals surface area contributed by atoms with Crippen LogP contribution in [-0.2, 0) is 11.0 Å². The Kier molecular flexibility index (Phi) is 5.30. The molecule has 2 heteroatoms. The molecule has 19 heavy (non-hydrogen) atoms. The highest BCUT2D eigenvalue weighted by molar-refractivity contribution is 7.34. The summed E-state index contributed by atoms with van der Waals surface area (Å²) in [4.78, 5) is 0. The van der Waals surface area contributed by atoms with Crippen LogP contribution >= 0.6 is 8.46 Å². The molecule has 2 rings (SSSR count). The smallest absolute Gasteiger partial charge is 0.192 e. The maximum atomic E-state index is 11.3. The average Bonchev–Trinajstić information content (AvgIpc) is 2.48. The molecule has 0 heterocycles. The molecular formula is C17H19OP. The van der Waals surface area contributed by atoms with E-state index in [1.54, 1.807) is 0 Å². The van der Waals surface area contributed by atoms with E-state index in [9.17, 15) is 4.57 Å². The van der Waals surface area contributed by atoms with E-state index in [1.807, 2.05) is 30.3 Å². The van der Waals surface area contributed by atoms with Crippen molar-refractivity contribution in [2.24, 2.45) is 0 Å². The lowest BCUT2D eigenvalue weighted by Crippen LogP contribution is -2.05. The Morgan fingerprint density at radius 2 is 1.74 bits per heavy atom. The van der Waals surface area contributed by atoms with Crippen LogP contribution < -0.4 is 5.30 Å². The van der Waals surface area contributed by atoms with Crippen molar-refractivity contribution in [2.45, 2.75) is 32.6 Å². The molecule has 0 amide bonds. The van der Waals surface area contributed by atoms with Gasteiger partial charge in [0, 0.05) is 5.30 Å². The van der Waals surface area contributed by atoms with Crippen LogP contribution in [0.15, 0.2) is 48.5 Å². The van der Waals surface area contributed by atoms with E-state index in [0.29, 0.717) is 0 Å². The van der Waals surface area contributed by atoms with Crippen molar-refractivity contribution in [3.63, 3.8) is 0 Å². The van der Waals surface area contributed by atoms with E-state index >= 15 is 0 Å². The highest BCUT2D eigenvalue weighted by Gasteiger charge is 2.09. The van der Waals surface area contributed by atoms with Crippen molar-refractivity contribution in [1.29, 1.82) is 0 Å². The number of benzene rings is 2. The van der Waals surface area contributed by atoms with Gasteiger partial charge in [0.15, 0.2) is 8.46 Å². The van der Waals surface area contributed by atoms with Gasteiger partial charge in [-0.15, -0.1) is 0 Å². The summed E-state index contributed by atoms with van der Waals surface area (Å²) in [6.45, 7) is 2.20. The fourth-order valence-corrected chi connectivity index (χ4v) is 2.85. The highest BCUT2D eigenvalue weighted by Crippen LogP contribution is 2.25. The first-order valence-electron chi connectivity index (χ1n) is 6.87. The molecule has 98 valence electrons. The van der Waals surface area contributed by atoms with Crippen LogP contribution in [0.1, 0.15) is 31.7 Å². The normalized spacial score (nSPS) is 10.8. The summed E-state index contributed by atoms with van der Waals surface area (Å²) in [5, 5.41) is 0.928. The van der Waals surface area contributed by atoms with Gasteiger partial charge < -0.3 is 0 Å². The molecule has 0 saturated heterocycles. The van der Waals surface area contributed by atoms with Gasteiger partial charge in [-0.05, 0) is 35.6 Å². The number of hydrogen-bond donors (Lipinski definition) is 0. The van der Waals surface area contributed by atoms with Gasteiger partial charge in [-0.1, -0.05) is 62.2 Å². The van der Waals surface area contributed by atoms with Crippen molar-refractivity contribution >= 4 is 13.8 Å². The minimum atomic E-state index is 0.122. The van der Waals surface area contributed by atoms with Crippen LogP contribution in [0.2, 0.25) is 0 Å². The fourth-order valence-electron chi connectivity index (χ4n) is 2.36. The first-order valence-corrected chi connectivity index (χ1v) is 7.68. The summed E-state index contributed by atoms with van der Waals surface area (Å²) >= 11 is 0. The zero-order chi connectivity index (χ0) is 13.5. The van der Waals surface area contributed by atoms with Crippen LogP contribution in [-0.4, -0.2) is 0 Å². The summed E-state index contributed by atoms with van der Waals surface area (Å²) in [6.07, 6.45) is 4.59. The van der Waals surface area contributed by atoms with E-state index in [-0.39, 0.29) is 8.46 Å². The van der Waals surface area contributed by atoms with E-state index in [4.69, 9.17) is 0 Å². The van der Waals surface area contributed by atoms with Crippen LogP contribution in [0.4, 0.5) is 0 Å². The summed E-state index contributed by atoms with van der Waals surface area (Å²) in [5.41, 5.74) is 3.66. The van der Waals surface area contributed by atoms with Crippen molar-refractivity contribution in [1.82, 2.24) is 0 Å². The van der Waals surface area contributed by atoms with E-state index in [0.717, 1.165) is 18.1 Å². The predicted molar refractivity (Wildman–Crippen MR) is 82.3 cm³/mol. The lowest BCUT2D eigenvalue weighted by atomic mass is 9.96. The average molecular weight is 270 g/mol. The van der Waals surface area contributed by atoms with Crippen LogP contribution in [0.5, 0.6) is 0 Å².